The third-order valence-electron chi connectivity index (χ3n) is 6.88. The molecule has 4 rings (SSSR count). The Hall–Kier alpha value is -3.72. The van der Waals surface area contributed by atoms with Crippen LogP contribution < -0.4 is 11.3 Å². The molecule has 0 aliphatic carbocycles. The minimum absolute atomic E-state index is 0.00454. The van der Waals surface area contributed by atoms with E-state index >= 15 is 0 Å². The van der Waals surface area contributed by atoms with E-state index in [0.29, 0.717) is 42.0 Å². The maximum Gasteiger partial charge on any atom is 0.258 e. The highest BCUT2D eigenvalue weighted by atomic mass is 32.2. The van der Waals surface area contributed by atoms with Gasteiger partial charge in [0.15, 0.2) is 0 Å². The van der Waals surface area contributed by atoms with Gasteiger partial charge in [0.25, 0.3) is 5.56 Å². The fraction of sp³-hybridized carbons (Fsp3) is 0.367. The molecule has 0 radical (unpaired) electrons. The Morgan fingerprint density at radius 1 is 1.08 bits per heavy atom. The Balaban J connectivity index is 1.71. The first-order valence-electron chi connectivity index (χ1n) is 13.3. The van der Waals surface area contributed by atoms with Crippen LogP contribution in [0.15, 0.2) is 58.0 Å². The highest BCUT2D eigenvalue weighted by molar-refractivity contribution is 7.90. The number of sulfone groups is 1. The van der Waals surface area contributed by atoms with Crippen molar-refractivity contribution in [2.75, 3.05) is 25.1 Å². The lowest BCUT2D eigenvalue weighted by Gasteiger charge is -2.22. The van der Waals surface area contributed by atoms with Gasteiger partial charge in [-0.15, -0.1) is 0 Å². The molecule has 0 atom stereocenters. The van der Waals surface area contributed by atoms with Crippen molar-refractivity contribution in [3.63, 3.8) is 0 Å². The first-order chi connectivity index (χ1) is 18.5. The minimum atomic E-state index is -3.18. The number of carbonyl (C=O) groups excluding carboxylic acids is 1. The van der Waals surface area contributed by atoms with E-state index in [-0.39, 0.29) is 23.8 Å². The molecule has 1 aliphatic heterocycles. The van der Waals surface area contributed by atoms with Gasteiger partial charge in [0.2, 0.25) is 5.91 Å². The second-order valence-corrected chi connectivity index (χ2v) is 12.5. The van der Waals surface area contributed by atoms with Crippen molar-refractivity contribution in [3.8, 4) is 11.1 Å². The first-order valence-corrected chi connectivity index (χ1v) is 15.4. The molecule has 1 aromatic heterocycles. The zero-order chi connectivity index (χ0) is 28.3. The zero-order valence-corrected chi connectivity index (χ0v) is 23.8. The lowest BCUT2D eigenvalue weighted by Crippen LogP contribution is -2.34. The number of carbonyl (C=O) groups is 1. The van der Waals surface area contributed by atoms with Crippen LogP contribution in [0.5, 0.6) is 0 Å². The van der Waals surface area contributed by atoms with E-state index in [4.69, 9.17) is 5.73 Å². The Kier molecular flexibility index (Phi) is 8.39. The van der Waals surface area contributed by atoms with Crippen molar-refractivity contribution in [1.29, 1.82) is 0 Å². The molecule has 39 heavy (non-hydrogen) atoms. The monoisotopic (exact) mass is 548 g/mol. The summed E-state index contributed by atoms with van der Waals surface area (Å²) in [6.07, 6.45) is 6.80. The van der Waals surface area contributed by atoms with Gasteiger partial charge in [0.1, 0.15) is 15.7 Å². The maximum absolute atomic E-state index is 13.3. The van der Waals surface area contributed by atoms with E-state index < -0.39 is 9.84 Å². The van der Waals surface area contributed by atoms with Crippen LogP contribution in [-0.2, 0) is 21.2 Å². The molecule has 1 aliphatic rings. The molecule has 0 spiro atoms. The average Bonchev–Trinajstić information content (AvgIpc) is 3.05. The molecule has 0 saturated carbocycles. The second kappa shape index (κ2) is 11.6. The smallest absolute Gasteiger partial charge is 0.258 e. The molecule has 0 unspecified atom stereocenters. The Morgan fingerprint density at radius 2 is 1.79 bits per heavy atom. The number of hydrogen-bond donors (Lipinski definition) is 1. The number of rotatable bonds is 9. The predicted molar refractivity (Wildman–Crippen MR) is 159 cm³/mol. The number of fused-ring (bicyclic) bond motifs is 2. The van der Waals surface area contributed by atoms with Crippen molar-refractivity contribution in [1.82, 2.24) is 9.47 Å². The highest BCUT2D eigenvalue weighted by Crippen LogP contribution is 2.35. The SMILES string of the molecule is CCCN(CCC)C(=O)C1=Cc2c(C)cc(-c3ccc4c(=O)n(CCS(C)(=O)=O)ccc4c3)cc2N=C(N)C1. The average molecular weight is 549 g/mol. The molecule has 0 bridgehead atoms. The third-order valence-corrected chi connectivity index (χ3v) is 7.81. The number of amides is 1. The lowest BCUT2D eigenvalue weighted by atomic mass is 9.95. The number of aryl methyl sites for hydroxylation is 2. The van der Waals surface area contributed by atoms with Crippen LogP contribution in [0.2, 0.25) is 0 Å². The van der Waals surface area contributed by atoms with Gasteiger partial charge in [-0.25, -0.2) is 13.4 Å². The van der Waals surface area contributed by atoms with Gasteiger partial charge in [-0.3, -0.25) is 9.59 Å². The van der Waals surface area contributed by atoms with E-state index in [1.54, 1.807) is 12.3 Å². The maximum atomic E-state index is 13.3. The fourth-order valence-corrected chi connectivity index (χ4v) is 5.47. The van der Waals surface area contributed by atoms with Gasteiger partial charge < -0.3 is 15.2 Å². The number of aliphatic imine (C=N–C) groups is 1. The summed E-state index contributed by atoms with van der Waals surface area (Å²) in [4.78, 5) is 32.8. The summed E-state index contributed by atoms with van der Waals surface area (Å²) in [5.74, 6) is 0.307. The van der Waals surface area contributed by atoms with E-state index in [1.165, 1.54) is 4.57 Å². The standard InChI is InChI=1S/C30H36N4O4S/c1-5-10-33(11-6-2)29(35)24-17-26-20(3)15-23(18-27(26)32-28(31)19-24)21-7-8-25-22(16-21)9-12-34(30(25)36)13-14-39(4,37)38/h7-9,12,15-18H,5-6,10-11,13-14,19H2,1-4H3,(H2,31,32). The van der Waals surface area contributed by atoms with Crippen molar-refractivity contribution < 1.29 is 13.2 Å². The first kappa shape index (κ1) is 28.3. The third kappa shape index (κ3) is 6.47. The summed E-state index contributed by atoms with van der Waals surface area (Å²) in [5.41, 5.74) is 11.1. The lowest BCUT2D eigenvalue weighted by molar-refractivity contribution is -0.127. The summed E-state index contributed by atoms with van der Waals surface area (Å²) in [6, 6.07) is 11.4. The van der Waals surface area contributed by atoms with E-state index in [1.807, 2.05) is 42.2 Å². The quantitative estimate of drug-likeness (QED) is 0.424. The largest absolute Gasteiger partial charge is 0.387 e. The molecule has 3 aromatic rings. The molecular weight excluding hydrogens is 512 g/mol. The van der Waals surface area contributed by atoms with Crippen LogP contribution in [-0.4, -0.2) is 54.7 Å². The number of aromatic nitrogens is 1. The number of nitrogens with zero attached hydrogens (tertiary/aromatic N) is 3. The number of amidine groups is 1. The topological polar surface area (TPSA) is 115 Å². The Labute approximate surface area is 229 Å². The van der Waals surface area contributed by atoms with Gasteiger partial charge in [0.05, 0.1) is 11.4 Å². The van der Waals surface area contributed by atoms with Gasteiger partial charge >= 0.3 is 0 Å². The number of hydrogen-bond acceptors (Lipinski definition) is 6. The van der Waals surface area contributed by atoms with Crippen molar-refractivity contribution >= 4 is 44.1 Å². The molecular formula is C30H36N4O4S. The van der Waals surface area contributed by atoms with E-state index in [2.05, 4.69) is 24.9 Å². The zero-order valence-electron chi connectivity index (χ0n) is 23.0. The van der Waals surface area contributed by atoms with Crippen LogP contribution in [0.1, 0.15) is 44.2 Å². The van der Waals surface area contributed by atoms with Crippen molar-refractivity contribution in [2.45, 2.75) is 46.6 Å². The summed E-state index contributed by atoms with van der Waals surface area (Å²) >= 11 is 0. The number of nitrogens with two attached hydrogens (primary N) is 1. The van der Waals surface area contributed by atoms with Crippen LogP contribution in [0.3, 0.4) is 0 Å². The molecule has 1 amide bonds. The molecule has 206 valence electrons. The highest BCUT2D eigenvalue weighted by Gasteiger charge is 2.22. The van der Waals surface area contributed by atoms with Crippen LogP contribution in [0.25, 0.3) is 28.0 Å². The molecule has 8 nitrogen and oxygen atoms in total. The normalized spacial score (nSPS) is 13.4. The summed E-state index contributed by atoms with van der Waals surface area (Å²) in [7, 11) is -3.18. The van der Waals surface area contributed by atoms with Gasteiger partial charge in [-0.2, -0.15) is 0 Å². The van der Waals surface area contributed by atoms with Gasteiger partial charge in [0, 0.05) is 55.0 Å². The molecule has 0 fully saturated rings. The molecule has 2 N–H and O–H groups in total. The van der Waals surface area contributed by atoms with E-state index in [0.717, 1.165) is 46.7 Å². The fourth-order valence-electron chi connectivity index (χ4n) is 4.94. The van der Waals surface area contributed by atoms with Crippen molar-refractivity contribution in [3.05, 3.63) is 69.6 Å². The van der Waals surface area contributed by atoms with Gasteiger partial charge in [-0.1, -0.05) is 26.0 Å². The molecule has 2 aromatic carbocycles. The predicted octanol–water partition coefficient (Wildman–Crippen LogP) is 4.45. The van der Waals surface area contributed by atoms with Gasteiger partial charge in [-0.05, 0) is 72.2 Å². The van der Waals surface area contributed by atoms with Crippen LogP contribution in [0, 0.1) is 6.92 Å². The number of benzene rings is 2. The minimum Gasteiger partial charge on any atom is -0.387 e. The Morgan fingerprint density at radius 3 is 2.46 bits per heavy atom. The summed E-state index contributed by atoms with van der Waals surface area (Å²) in [6.45, 7) is 7.65. The van der Waals surface area contributed by atoms with E-state index in [9.17, 15) is 18.0 Å². The van der Waals surface area contributed by atoms with Crippen molar-refractivity contribution in [2.24, 2.45) is 10.7 Å². The Bertz CT molecular complexity index is 1650. The van der Waals surface area contributed by atoms with Crippen LogP contribution >= 0.6 is 0 Å². The molecule has 0 saturated heterocycles. The van der Waals surface area contributed by atoms with Crippen LogP contribution in [0.4, 0.5) is 5.69 Å². The summed E-state index contributed by atoms with van der Waals surface area (Å²) in [5, 5.41) is 1.29. The molecule has 2 heterocycles. The summed E-state index contributed by atoms with van der Waals surface area (Å²) < 4.78 is 24.5. The number of pyridine rings is 1. The molecule has 9 heteroatoms. The second-order valence-electron chi connectivity index (χ2n) is 10.2.